The molecular weight excluding hydrogens is 225 g/mol. The van der Waals surface area contributed by atoms with Gasteiger partial charge in [0.2, 0.25) is 0 Å². The second-order valence-electron chi connectivity index (χ2n) is 6.23. The number of hydrogen-bond donors (Lipinski definition) is 1. The summed E-state index contributed by atoms with van der Waals surface area (Å²) in [5.41, 5.74) is 1.20. The van der Waals surface area contributed by atoms with Crippen LogP contribution in [0.3, 0.4) is 0 Å². The van der Waals surface area contributed by atoms with E-state index in [1.165, 1.54) is 18.9 Å². The number of nitrogens with one attached hydrogen (secondary N) is 1. The molecule has 0 spiro atoms. The van der Waals surface area contributed by atoms with Crippen LogP contribution in [0, 0.1) is 11.2 Å². The van der Waals surface area contributed by atoms with Gasteiger partial charge in [-0.05, 0) is 43.4 Å². The van der Waals surface area contributed by atoms with E-state index in [2.05, 4.69) is 26.1 Å². The van der Waals surface area contributed by atoms with Crippen molar-refractivity contribution < 1.29 is 4.39 Å². The Morgan fingerprint density at radius 3 is 2.44 bits per heavy atom. The molecule has 0 radical (unpaired) electrons. The summed E-state index contributed by atoms with van der Waals surface area (Å²) in [6.07, 6.45) is 4.27. The third kappa shape index (κ3) is 5.63. The molecule has 102 valence electrons. The largest absolute Gasteiger partial charge is 0.317 e. The van der Waals surface area contributed by atoms with Crippen LogP contribution in [0.1, 0.15) is 45.6 Å². The van der Waals surface area contributed by atoms with Crippen molar-refractivity contribution >= 4 is 0 Å². The summed E-state index contributed by atoms with van der Waals surface area (Å²) in [4.78, 5) is 0. The van der Waals surface area contributed by atoms with E-state index in [0.717, 1.165) is 18.4 Å². The third-order valence-corrected chi connectivity index (χ3v) is 3.31. The Morgan fingerprint density at radius 2 is 1.89 bits per heavy atom. The van der Waals surface area contributed by atoms with Gasteiger partial charge in [-0.25, -0.2) is 4.39 Å². The van der Waals surface area contributed by atoms with E-state index in [1.54, 1.807) is 6.07 Å². The highest BCUT2D eigenvalue weighted by atomic mass is 19.1. The van der Waals surface area contributed by atoms with Crippen LogP contribution in [0.4, 0.5) is 4.39 Å². The molecule has 1 unspecified atom stereocenters. The van der Waals surface area contributed by atoms with Crippen molar-refractivity contribution in [3.63, 3.8) is 0 Å². The van der Waals surface area contributed by atoms with Gasteiger partial charge >= 0.3 is 0 Å². The van der Waals surface area contributed by atoms with E-state index in [9.17, 15) is 4.39 Å². The van der Waals surface area contributed by atoms with Gasteiger partial charge in [0.1, 0.15) is 5.82 Å². The third-order valence-electron chi connectivity index (χ3n) is 3.31. The second kappa shape index (κ2) is 6.89. The number of hydrogen-bond acceptors (Lipinski definition) is 1. The Bertz CT molecular complexity index is 354. The molecule has 18 heavy (non-hydrogen) atoms. The van der Waals surface area contributed by atoms with Crippen LogP contribution in [-0.2, 0) is 6.42 Å². The van der Waals surface area contributed by atoms with Crippen molar-refractivity contribution in [2.75, 3.05) is 7.05 Å². The standard InChI is InChI=1S/C16H26FN/c1-16(2,3)11-7-9-14(18-4)12-13-8-5-6-10-15(13)17/h5-6,8,10,14,18H,7,9,11-12H2,1-4H3. The van der Waals surface area contributed by atoms with Crippen LogP contribution in [0.2, 0.25) is 0 Å². The maximum Gasteiger partial charge on any atom is 0.126 e. The molecule has 0 bridgehead atoms. The Hall–Kier alpha value is -0.890. The number of benzene rings is 1. The zero-order valence-corrected chi connectivity index (χ0v) is 12.1. The van der Waals surface area contributed by atoms with Gasteiger partial charge in [-0.3, -0.25) is 0 Å². The second-order valence-corrected chi connectivity index (χ2v) is 6.23. The van der Waals surface area contributed by atoms with Gasteiger partial charge in [-0.15, -0.1) is 0 Å². The van der Waals surface area contributed by atoms with Gasteiger partial charge in [-0.2, -0.15) is 0 Å². The van der Waals surface area contributed by atoms with Crippen molar-refractivity contribution in [1.29, 1.82) is 0 Å². The Balaban J connectivity index is 2.45. The zero-order chi connectivity index (χ0) is 13.6. The lowest BCUT2D eigenvalue weighted by molar-refractivity contribution is 0.344. The lowest BCUT2D eigenvalue weighted by atomic mass is 9.88. The van der Waals surface area contributed by atoms with Gasteiger partial charge in [-0.1, -0.05) is 45.4 Å². The predicted octanol–water partition coefficient (Wildman–Crippen LogP) is 4.17. The molecule has 0 aliphatic carbocycles. The Kier molecular flexibility index (Phi) is 5.80. The number of halogens is 1. The molecule has 1 aromatic carbocycles. The topological polar surface area (TPSA) is 12.0 Å². The van der Waals surface area contributed by atoms with Crippen LogP contribution in [-0.4, -0.2) is 13.1 Å². The molecule has 0 saturated carbocycles. The van der Waals surface area contributed by atoms with Gasteiger partial charge in [0, 0.05) is 6.04 Å². The van der Waals surface area contributed by atoms with Crippen LogP contribution >= 0.6 is 0 Å². The van der Waals surface area contributed by atoms with Crippen molar-refractivity contribution in [2.24, 2.45) is 5.41 Å². The fourth-order valence-electron chi connectivity index (χ4n) is 2.16. The zero-order valence-electron chi connectivity index (χ0n) is 12.1. The number of rotatable bonds is 6. The average molecular weight is 251 g/mol. The molecule has 0 aliphatic rings. The first-order valence-corrected chi connectivity index (χ1v) is 6.83. The van der Waals surface area contributed by atoms with Crippen LogP contribution in [0.25, 0.3) is 0 Å². The minimum absolute atomic E-state index is 0.0893. The maximum atomic E-state index is 13.6. The SMILES string of the molecule is CNC(CCCC(C)(C)C)Cc1ccccc1F. The van der Waals surface area contributed by atoms with Crippen molar-refractivity contribution in [3.8, 4) is 0 Å². The summed E-state index contributed by atoms with van der Waals surface area (Å²) >= 11 is 0. The molecule has 1 atom stereocenters. The van der Waals surface area contributed by atoms with Crippen LogP contribution < -0.4 is 5.32 Å². The molecule has 0 fully saturated rings. The molecule has 0 heterocycles. The molecule has 0 aliphatic heterocycles. The molecule has 1 N–H and O–H groups in total. The maximum absolute atomic E-state index is 13.6. The van der Waals surface area contributed by atoms with Crippen LogP contribution in [0.5, 0.6) is 0 Å². The van der Waals surface area contributed by atoms with E-state index in [4.69, 9.17) is 0 Å². The summed E-state index contributed by atoms with van der Waals surface area (Å²) in [5.74, 6) is -0.0893. The predicted molar refractivity (Wildman–Crippen MR) is 76.3 cm³/mol. The molecule has 1 aromatic rings. The average Bonchev–Trinajstić information content (AvgIpc) is 2.29. The summed E-state index contributed by atoms with van der Waals surface area (Å²) < 4.78 is 13.6. The van der Waals surface area contributed by atoms with Crippen molar-refractivity contribution in [3.05, 3.63) is 35.6 Å². The molecule has 1 rings (SSSR count). The molecule has 0 aromatic heterocycles. The van der Waals surface area contributed by atoms with Crippen molar-refractivity contribution in [2.45, 2.75) is 52.5 Å². The monoisotopic (exact) mass is 251 g/mol. The molecule has 1 nitrogen and oxygen atoms in total. The molecule has 0 saturated heterocycles. The lowest BCUT2D eigenvalue weighted by Crippen LogP contribution is -2.28. The van der Waals surface area contributed by atoms with Gasteiger partial charge < -0.3 is 5.32 Å². The summed E-state index contributed by atoms with van der Waals surface area (Å²) in [6, 6.07) is 7.43. The van der Waals surface area contributed by atoms with Crippen LogP contribution in [0.15, 0.2) is 24.3 Å². The number of likely N-dealkylation sites (N-methyl/N-ethyl adjacent to an activating group) is 1. The van der Waals surface area contributed by atoms with E-state index in [0.29, 0.717) is 11.5 Å². The van der Waals surface area contributed by atoms with E-state index >= 15 is 0 Å². The quantitative estimate of drug-likeness (QED) is 0.800. The van der Waals surface area contributed by atoms with Crippen molar-refractivity contribution in [1.82, 2.24) is 5.32 Å². The normalized spacial score (nSPS) is 13.6. The highest BCUT2D eigenvalue weighted by molar-refractivity contribution is 5.18. The van der Waals surface area contributed by atoms with Gasteiger partial charge in [0.15, 0.2) is 0 Å². The van der Waals surface area contributed by atoms with E-state index in [1.807, 2.05) is 19.2 Å². The summed E-state index contributed by atoms with van der Waals surface area (Å²) in [5, 5.41) is 3.30. The highest BCUT2D eigenvalue weighted by Gasteiger charge is 2.13. The first-order valence-electron chi connectivity index (χ1n) is 6.83. The molecule has 0 amide bonds. The molecule has 2 heteroatoms. The molecular formula is C16H26FN. The van der Waals surface area contributed by atoms with E-state index in [-0.39, 0.29) is 5.82 Å². The highest BCUT2D eigenvalue weighted by Crippen LogP contribution is 2.22. The Morgan fingerprint density at radius 1 is 1.22 bits per heavy atom. The minimum atomic E-state index is -0.0893. The van der Waals surface area contributed by atoms with E-state index < -0.39 is 0 Å². The lowest BCUT2D eigenvalue weighted by Gasteiger charge is -2.21. The minimum Gasteiger partial charge on any atom is -0.317 e. The first kappa shape index (κ1) is 15.2. The van der Waals surface area contributed by atoms with Gasteiger partial charge in [0.05, 0.1) is 0 Å². The Labute approximate surface area is 111 Å². The summed E-state index contributed by atoms with van der Waals surface area (Å²) in [6.45, 7) is 6.79. The smallest absolute Gasteiger partial charge is 0.126 e. The fourth-order valence-corrected chi connectivity index (χ4v) is 2.16. The summed E-state index contributed by atoms with van der Waals surface area (Å²) in [7, 11) is 1.96. The fraction of sp³-hybridized carbons (Fsp3) is 0.625. The first-order chi connectivity index (χ1) is 8.42. The van der Waals surface area contributed by atoms with Gasteiger partial charge in [0.25, 0.3) is 0 Å².